The average molecular weight is 391 g/mol. The number of hydrogen-bond donors (Lipinski definition) is 1. The minimum atomic E-state index is -3.52. The third-order valence-corrected chi connectivity index (χ3v) is 6.08. The maximum atomic E-state index is 12.6. The van der Waals surface area contributed by atoms with Crippen LogP contribution < -0.4 is 9.46 Å². The van der Waals surface area contributed by atoms with Crippen LogP contribution in [0.1, 0.15) is 18.4 Å². The molecule has 0 saturated carbocycles. The lowest BCUT2D eigenvalue weighted by atomic mass is 10.0. The van der Waals surface area contributed by atoms with E-state index in [0.717, 1.165) is 24.2 Å². The Labute approximate surface area is 161 Å². The highest BCUT2D eigenvalue weighted by molar-refractivity contribution is 7.87. The van der Waals surface area contributed by atoms with Crippen molar-refractivity contribution >= 4 is 10.2 Å². The SMILES string of the molecule is COCC1CCCN(S(=O)(=O)NCc2cccc(Oc3ccccc3)c2)C1. The number of piperidine rings is 1. The second kappa shape index (κ2) is 9.32. The molecule has 0 aromatic heterocycles. The van der Waals surface area contributed by atoms with Crippen molar-refractivity contribution in [1.29, 1.82) is 0 Å². The molecule has 1 N–H and O–H groups in total. The summed E-state index contributed by atoms with van der Waals surface area (Å²) >= 11 is 0. The van der Waals surface area contributed by atoms with E-state index < -0.39 is 10.2 Å². The van der Waals surface area contributed by atoms with E-state index in [2.05, 4.69) is 4.72 Å². The quantitative estimate of drug-likeness (QED) is 0.752. The van der Waals surface area contributed by atoms with Crippen LogP contribution in [0.15, 0.2) is 54.6 Å². The van der Waals surface area contributed by atoms with Gasteiger partial charge in [0.2, 0.25) is 0 Å². The molecule has 1 unspecified atom stereocenters. The molecule has 146 valence electrons. The summed E-state index contributed by atoms with van der Waals surface area (Å²) in [6, 6.07) is 16.9. The van der Waals surface area contributed by atoms with Crippen LogP contribution in [0.3, 0.4) is 0 Å². The zero-order valence-electron chi connectivity index (χ0n) is 15.5. The second-order valence-electron chi connectivity index (χ2n) is 6.71. The molecule has 1 aliphatic heterocycles. The van der Waals surface area contributed by atoms with Gasteiger partial charge in [0.25, 0.3) is 10.2 Å². The summed E-state index contributed by atoms with van der Waals surface area (Å²) in [4.78, 5) is 0. The van der Waals surface area contributed by atoms with Crippen LogP contribution in [-0.2, 0) is 21.5 Å². The van der Waals surface area contributed by atoms with E-state index in [-0.39, 0.29) is 12.5 Å². The van der Waals surface area contributed by atoms with Gasteiger partial charge >= 0.3 is 0 Å². The fourth-order valence-corrected chi connectivity index (χ4v) is 4.53. The van der Waals surface area contributed by atoms with Crippen molar-refractivity contribution in [3.8, 4) is 11.5 Å². The molecule has 7 heteroatoms. The van der Waals surface area contributed by atoms with E-state index in [1.165, 1.54) is 4.31 Å². The Morgan fingerprint density at radius 1 is 1.11 bits per heavy atom. The summed E-state index contributed by atoms with van der Waals surface area (Å²) in [6.45, 7) is 1.86. The fourth-order valence-electron chi connectivity index (χ4n) is 3.23. The van der Waals surface area contributed by atoms with Gasteiger partial charge in [0.15, 0.2) is 0 Å². The van der Waals surface area contributed by atoms with Crippen LogP contribution in [-0.4, -0.2) is 39.5 Å². The van der Waals surface area contributed by atoms with E-state index in [0.29, 0.717) is 25.4 Å². The lowest BCUT2D eigenvalue weighted by molar-refractivity contribution is 0.118. The summed E-state index contributed by atoms with van der Waals surface area (Å²) in [5.41, 5.74) is 0.845. The Balaban J connectivity index is 1.59. The number of rotatable bonds is 8. The maximum absolute atomic E-state index is 12.6. The second-order valence-corrected chi connectivity index (χ2v) is 8.47. The van der Waals surface area contributed by atoms with Crippen LogP contribution in [0.25, 0.3) is 0 Å². The van der Waals surface area contributed by atoms with Crippen molar-refractivity contribution in [3.05, 3.63) is 60.2 Å². The minimum absolute atomic E-state index is 0.222. The van der Waals surface area contributed by atoms with E-state index in [1.807, 2.05) is 54.6 Å². The summed E-state index contributed by atoms with van der Waals surface area (Å²) in [6.07, 6.45) is 1.86. The molecule has 1 fully saturated rings. The number of benzene rings is 2. The van der Waals surface area contributed by atoms with E-state index in [1.54, 1.807) is 7.11 Å². The zero-order chi connectivity index (χ0) is 19.1. The molecule has 0 amide bonds. The van der Waals surface area contributed by atoms with Gasteiger partial charge in [-0.1, -0.05) is 30.3 Å². The average Bonchev–Trinajstić information content (AvgIpc) is 2.68. The third kappa shape index (κ3) is 5.77. The summed E-state index contributed by atoms with van der Waals surface area (Å²) in [5, 5.41) is 0. The number of ether oxygens (including phenoxy) is 2. The predicted octanol–water partition coefficient (Wildman–Crippen LogP) is 3.17. The highest BCUT2D eigenvalue weighted by Gasteiger charge is 2.28. The predicted molar refractivity (Wildman–Crippen MR) is 105 cm³/mol. The van der Waals surface area contributed by atoms with Crippen LogP contribution in [0, 0.1) is 5.92 Å². The number of nitrogens with one attached hydrogen (secondary N) is 1. The van der Waals surface area contributed by atoms with Gasteiger partial charge < -0.3 is 9.47 Å². The van der Waals surface area contributed by atoms with E-state index in [9.17, 15) is 8.42 Å². The van der Waals surface area contributed by atoms with Crippen molar-refractivity contribution in [2.24, 2.45) is 5.92 Å². The summed E-state index contributed by atoms with van der Waals surface area (Å²) in [7, 11) is -1.87. The van der Waals surface area contributed by atoms with Crippen LogP contribution >= 0.6 is 0 Å². The third-order valence-electron chi connectivity index (χ3n) is 4.56. The van der Waals surface area contributed by atoms with E-state index >= 15 is 0 Å². The molecule has 2 aromatic rings. The van der Waals surface area contributed by atoms with Gasteiger partial charge in [0.05, 0.1) is 6.61 Å². The monoisotopic (exact) mass is 390 g/mol. The molecule has 0 radical (unpaired) electrons. The number of para-hydroxylation sites is 1. The zero-order valence-corrected chi connectivity index (χ0v) is 16.3. The molecule has 0 bridgehead atoms. The van der Waals surface area contributed by atoms with Crippen LogP contribution in [0.5, 0.6) is 11.5 Å². The van der Waals surface area contributed by atoms with Crippen molar-refractivity contribution < 1.29 is 17.9 Å². The van der Waals surface area contributed by atoms with Gasteiger partial charge in [-0.25, -0.2) is 0 Å². The van der Waals surface area contributed by atoms with Gasteiger partial charge in [0.1, 0.15) is 11.5 Å². The topological polar surface area (TPSA) is 67.9 Å². The molecule has 1 aliphatic rings. The summed E-state index contributed by atoms with van der Waals surface area (Å²) < 4.78 is 40.5. The highest BCUT2D eigenvalue weighted by Crippen LogP contribution is 2.22. The molecule has 6 nitrogen and oxygen atoms in total. The van der Waals surface area contributed by atoms with Crippen molar-refractivity contribution in [2.45, 2.75) is 19.4 Å². The Kier molecular flexibility index (Phi) is 6.84. The van der Waals surface area contributed by atoms with Crippen molar-refractivity contribution in [2.75, 3.05) is 26.8 Å². The molecular weight excluding hydrogens is 364 g/mol. The first-order valence-corrected chi connectivity index (χ1v) is 10.6. The molecule has 3 rings (SSSR count). The normalized spacial score (nSPS) is 18.3. The maximum Gasteiger partial charge on any atom is 0.279 e. The molecule has 1 atom stereocenters. The molecule has 2 aromatic carbocycles. The molecule has 27 heavy (non-hydrogen) atoms. The largest absolute Gasteiger partial charge is 0.457 e. The Morgan fingerprint density at radius 2 is 1.89 bits per heavy atom. The molecular formula is C20H26N2O4S. The summed E-state index contributed by atoms with van der Waals surface area (Å²) in [5.74, 6) is 1.67. The molecule has 1 heterocycles. The molecule has 0 spiro atoms. The van der Waals surface area contributed by atoms with Gasteiger partial charge in [-0.2, -0.15) is 17.4 Å². The van der Waals surface area contributed by atoms with Crippen molar-refractivity contribution in [1.82, 2.24) is 9.03 Å². The highest BCUT2D eigenvalue weighted by atomic mass is 32.2. The fraction of sp³-hybridized carbons (Fsp3) is 0.400. The Bertz CT molecular complexity index is 825. The lowest BCUT2D eigenvalue weighted by Gasteiger charge is -2.31. The van der Waals surface area contributed by atoms with Crippen molar-refractivity contribution in [3.63, 3.8) is 0 Å². The molecule has 1 saturated heterocycles. The number of hydrogen-bond acceptors (Lipinski definition) is 4. The minimum Gasteiger partial charge on any atom is -0.457 e. The smallest absolute Gasteiger partial charge is 0.279 e. The van der Waals surface area contributed by atoms with Crippen LogP contribution in [0.4, 0.5) is 0 Å². The van der Waals surface area contributed by atoms with Gasteiger partial charge in [-0.15, -0.1) is 0 Å². The lowest BCUT2D eigenvalue weighted by Crippen LogP contribution is -2.46. The van der Waals surface area contributed by atoms with Gasteiger partial charge in [-0.3, -0.25) is 0 Å². The standard InChI is InChI=1S/C20H26N2O4S/c1-25-16-18-8-6-12-22(15-18)27(23,24)21-14-17-7-5-11-20(13-17)26-19-9-3-2-4-10-19/h2-5,7,9-11,13,18,21H,6,8,12,14-16H2,1H3. The Morgan fingerprint density at radius 3 is 2.67 bits per heavy atom. The Hall–Kier alpha value is -1.93. The first kappa shape index (κ1) is 19.8. The van der Waals surface area contributed by atoms with E-state index in [4.69, 9.17) is 9.47 Å². The first-order valence-electron chi connectivity index (χ1n) is 9.12. The first-order chi connectivity index (χ1) is 13.1. The van der Waals surface area contributed by atoms with Crippen LogP contribution in [0.2, 0.25) is 0 Å². The number of methoxy groups -OCH3 is 1. The van der Waals surface area contributed by atoms with Gasteiger partial charge in [0, 0.05) is 26.7 Å². The molecule has 0 aliphatic carbocycles. The number of nitrogens with zero attached hydrogens (tertiary/aromatic N) is 1. The van der Waals surface area contributed by atoms with Gasteiger partial charge in [-0.05, 0) is 48.6 Å².